The first kappa shape index (κ1) is 7.12. The van der Waals surface area contributed by atoms with Crippen molar-refractivity contribution in [3.8, 4) is 0 Å². The summed E-state index contributed by atoms with van der Waals surface area (Å²) in [6.45, 7) is 3.12. The van der Waals surface area contributed by atoms with Crippen LogP contribution in [-0.2, 0) is 0 Å². The van der Waals surface area contributed by atoms with E-state index in [2.05, 4.69) is 17.4 Å². The van der Waals surface area contributed by atoms with Crippen LogP contribution in [0.4, 0.5) is 5.88 Å². The molecule has 0 aliphatic carbocycles. The van der Waals surface area contributed by atoms with Crippen LogP contribution >= 0.6 is 0 Å². The molecule has 1 N–H and O–H groups in total. The normalized spacial score (nSPS) is 9.70. The molecule has 0 aliphatic heterocycles. The number of nitrogens with one attached hydrogen (secondary N) is 1. The Morgan fingerprint density at radius 1 is 1.70 bits per heavy atom. The molecule has 0 spiro atoms. The van der Waals surface area contributed by atoms with Gasteiger partial charge in [-0.25, -0.2) is 0 Å². The molecule has 0 atom stereocenters. The van der Waals surface area contributed by atoms with Crippen molar-refractivity contribution in [2.45, 2.75) is 19.8 Å². The fraction of sp³-hybridized carbons (Fsp3) is 0.571. The number of anilines is 1. The molecule has 1 rings (SSSR count). The standard InChI is InChI=1S/C7H12N2O/c1-2-3-5-8-7-4-6-9-10-7/h4,6,8H,2-3,5H2,1H3. The van der Waals surface area contributed by atoms with E-state index in [1.165, 1.54) is 12.8 Å². The summed E-state index contributed by atoms with van der Waals surface area (Å²) >= 11 is 0. The molecule has 0 saturated heterocycles. The molecule has 0 radical (unpaired) electrons. The SMILES string of the molecule is CCCCNc1ccno1. The zero-order valence-electron chi connectivity index (χ0n) is 6.13. The minimum Gasteiger partial charge on any atom is -0.354 e. The highest BCUT2D eigenvalue weighted by Gasteiger charge is 1.91. The minimum absolute atomic E-state index is 0.758. The van der Waals surface area contributed by atoms with Gasteiger partial charge in [0.15, 0.2) is 0 Å². The van der Waals surface area contributed by atoms with Crippen LogP contribution < -0.4 is 5.32 Å². The van der Waals surface area contributed by atoms with E-state index in [-0.39, 0.29) is 0 Å². The van der Waals surface area contributed by atoms with E-state index in [0.29, 0.717) is 0 Å². The Labute approximate surface area is 60.4 Å². The maximum absolute atomic E-state index is 4.82. The van der Waals surface area contributed by atoms with Crippen molar-refractivity contribution in [1.29, 1.82) is 0 Å². The number of aromatic nitrogens is 1. The van der Waals surface area contributed by atoms with E-state index in [1.807, 2.05) is 6.07 Å². The Kier molecular flexibility index (Phi) is 2.80. The van der Waals surface area contributed by atoms with Gasteiger partial charge in [0, 0.05) is 12.6 Å². The lowest BCUT2D eigenvalue weighted by Crippen LogP contribution is -1.98. The quantitative estimate of drug-likeness (QED) is 0.649. The topological polar surface area (TPSA) is 38.1 Å². The Morgan fingerprint density at radius 2 is 2.60 bits per heavy atom. The summed E-state index contributed by atoms with van der Waals surface area (Å²) in [5.41, 5.74) is 0. The van der Waals surface area contributed by atoms with Gasteiger partial charge in [-0.15, -0.1) is 0 Å². The second-order valence-electron chi connectivity index (χ2n) is 2.16. The number of nitrogens with zero attached hydrogens (tertiary/aromatic N) is 1. The Balaban J connectivity index is 2.15. The lowest BCUT2D eigenvalue weighted by Gasteiger charge is -1.97. The molecule has 0 saturated carbocycles. The van der Waals surface area contributed by atoms with Crippen molar-refractivity contribution in [1.82, 2.24) is 5.16 Å². The molecular weight excluding hydrogens is 128 g/mol. The van der Waals surface area contributed by atoms with Crippen molar-refractivity contribution in [3.63, 3.8) is 0 Å². The van der Waals surface area contributed by atoms with Gasteiger partial charge in [0.05, 0.1) is 6.20 Å². The molecular formula is C7H12N2O. The number of rotatable bonds is 4. The van der Waals surface area contributed by atoms with Crippen molar-refractivity contribution in [2.75, 3.05) is 11.9 Å². The van der Waals surface area contributed by atoms with Gasteiger partial charge in [0.25, 0.3) is 0 Å². The van der Waals surface area contributed by atoms with Crippen LogP contribution in [0.25, 0.3) is 0 Å². The van der Waals surface area contributed by atoms with Gasteiger partial charge in [0.1, 0.15) is 0 Å². The predicted octanol–water partition coefficient (Wildman–Crippen LogP) is 1.89. The molecule has 1 aromatic heterocycles. The Hall–Kier alpha value is -0.990. The maximum atomic E-state index is 4.82. The molecule has 0 aromatic carbocycles. The van der Waals surface area contributed by atoms with Gasteiger partial charge in [-0.2, -0.15) is 0 Å². The summed E-state index contributed by atoms with van der Waals surface area (Å²) in [7, 11) is 0. The summed E-state index contributed by atoms with van der Waals surface area (Å²) in [6.07, 6.45) is 4.00. The van der Waals surface area contributed by atoms with E-state index >= 15 is 0 Å². The van der Waals surface area contributed by atoms with Gasteiger partial charge in [-0.05, 0) is 6.42 Å². The van der Waals surface area contributed by atoms with E-state index in [9.17, 15) is 0 Å². The fourth-order valence-corrected chi connectivity index (χ4v) is 0.695. The van der Waals surface area contributed by atoms with E-state index < -0.39 is 0 Å². The molecule has 1 aromatic rings. The van der Waals surface area contributed by atoms with Crippen LogP contribution in [0, 0.1) is 0 Å². The fourth-order valence-electron chi connectivity index (χ4n) is 0.695. The molecule has 0 amide bonds. The highest BCUT2D eigenvalue weighted by atomic mass is 16.5. The third kappa shape index (κ3) is 2.09. The summed E-state index contributed by atoms with van der Waals surface area (Å²) < 4.78 is 4.82. The summed E-state index contributed by atoms with van der Waals surface area (Å²) in [6, 6.07) is 1.82. The smallest absolute Gasteiger partial charge is 0.224 e. The summed E-state index contributed by atoms with van der Waals surface area (Å²) in [5.74, 6) is 0.758. The number of unbranched alkanes of at least 4 members (excludes halogenated alkanes) is 1. The molecule has 10 heavy (non-hydrogen) atoms. The number of hydrogen-bond donors (Lipinski definition) is 1. The zero-order chi connectivity index (χ0) is 7.23. The van der Waals surface area contributed by atoms with Crippen LogP contribution in [0.5, 0.6) is 0 Å². The van der Waals surface area contributed by atoms with Gasteiger partial charge >= 0.3 is 0 Å². The van der Waals surface area contributed by atoms with Crippen molar-refractivity contribution < 1.29 is 4.52 Å². The van der Waals surface area contributed by atoms with Crippen molar-refractivity contribution in [2.24, 2.45) is 0 Å². The molecule has 56 valence electrons. The molecule has 0 unspecified atom stereocenters. The second kappa shape index (κ2) is 3.93. The first-order valence-corrected chi connectivity index (χ1v) is 3.58. The van der Waals surface area contributed by atoms with Crippen LogP contribution in [0.15, 0.2) is 16.8 Å². The van der Waals surface area contributed by atoms with Gasteiger partial charge in [0.2, 0.25) is 5.88 Å². The number of hydrogen-bond acceptors (Lipinski definition) is 3. The van der Waals surface area contributed by atoms with Gasteiger partial charge in [-0.3, -0.25) is 0 Å². The highest BCUT2D eigenvalue weighted by Crippen LogP contribution is 2.02. The first-order valence-electron chi connectivity index (χ1n) is 3.58. The third-order valence-corrected chi connectivity index (χ3v) is 1.27. The van der Waals surface area contributed by atoms with E-state index in [1.54, 1.807) is 6.20 Å². The predicted molar refractivity (Wildman–Crippen MR) is 39.9 cm³/mol. The maximum Gasteiger partial charge on any atom is 0.224 e. The Bertz CT molecular complexity index is 160. The Morgan fingerprint density at radius 3 is 3.20 bits per heavy atom. The largest absolute Gasteiger partial charge is 0.354 e. The lowest BCUT2D eigenvalue weighted by atomic mass is 10.3. The van der Waals surface area contributed by atoms with Crippen molar-refractivity contribution >= 4 is 5.88 Å². The van der Waals surface area contributed by atoms with E-state index in [4.69, 9.17) is 4.52 Å². The molecule has 0 fully saturated rings. The van der Waals surface area contributed by atoms with Crippen LogP contribution in [0.3, 0.4) is 0 Å². The molecule has 1 heterocycles. The van der Waals surface area contributed by atoms with Crippen molar-refractivity contribution in [3.05, 3.63) is 12.3 Å². The molecule has 0 bridgehead atoms. The van der Waals surface area contributed by atoms with Crippen LogP contribution in [0.1, 0.15) is 19.8 Å². The lowest BCUT2D eigenvalue weighted by molar-refractivity contribution is 0.431. The molecule has 3 heteroatoms. The first-order chi connectivity index (χ1) is 4.93. The molecule has 0 aliphatic rings. The average molecular weight is 140 g/mol. The van der Waals surface area contributed by atoms with Crippen LogP contribution in [-0.4, -0.2) is 11.7 Å². The average Bonchev–Trinajstić information content (AvgIpc) is 2.41. The molecule has 3 nitrogen and oxygen atoms in total. The highest BCUT2D eigenvalue weighted by molar-refractivity contribution is 5.26. The van der Waals surface area contributed by atoms with E-state index in [0.717, 1.165) is 12.4 Å². The monoisotopic (exact) mass is 140 g/mol. The summed E-state index contributed by atoms with van der Waals surface area (Å²) in [4.78, 5) is 0. The minimum atomic E-state index is 0.758. The van der Waals surface area contributed by atoms with Crippen LogP contribution in [0.2, 0.25) is 0 Å². The van der Waals surface area contributed by atoms with Gasteiger partial charge < -0.3 is 9.84 Å². The second-order valence-corrected chi connectivity index (χ2v) is 2.16. The van der Waals surface area contributed by atoms with Gasteiger partial charge in [-0.1, -0.05) is 18.5 Å². The third-order valence-electron chi connectivity index (χ3n) is 1.27. The summed E-state index contributed by atoms with van der Waals surface area (Å²) in [5, 5.41) is 6.66. The zero-order valence-corrected chi connectivity index (χ0v) is 6.13.